The molecule has 1 atom stereocenters. The van der Waals surface area contributed by atoms with E-state index in [0.29, 0.717) is 22.6 Å². The largest absolute Gasteiger partial charge is 0.305 e. The van der Waals surface area contributed by atoms with Crippen molar-refractivity contribution >= 4 is 28.7 Å². The van der Waals surface area contributed by atoms with E-state index in [2.05, 4.69) is 4.99 Å². The van der Waals surface area contributed by atoms with Crippen molar-refractivity contribution in [2.24, 2.45) is 4.99 Å². The Morgan fingerprint density at radius 3 is 2.38 bits per heavy atom. The first-order valence-corrected chi connectivity index (χ1v) is 9.65. The molecule has 3 aromatic rings. The van der Waals surface area contributed by atoms with Crippen molar-refractivity contribution < 1.29 is 22.9 Å². The minimum absolute atomic E-state index is 0.0749. The molecule has 0 bridgehead atoms. The van der Waals surface area contributed by atoms with Crippen LogP contribution in [-0.2, 0) is 0 Å². The fraction of sp³-hybridized carbons (Fsp3) is 0.130. The molecule has 0 spiro atoms. The zero-order valence-corrected chi connectivity index (χ0v) is 16.8. The van der Waals surface area contributed by atoms with E-state index in [1.165, 1.54) is 53.4 Å². The number of carbonyl (C=O) groups is 1. The molecule has 0 saturated carbocycles. The summed E-state index contributed by atoms with van der Waals surface area (Å²) in [5.41, 5.74) is 0.926. The molecule has 0 aromatic heterocycles. The molecule has 1 aliphatic heterocycles. The number of fused-ring (bicyclic) bond motifs is 1. The van der Waals surface area contributed by atoms with Crippen LogP contribution in [0.2, 0.25) is 0 Å². The van der Waals surface area contributed by atoms with Crippen LogP contribution >= 0.6 is 0 Å². The SMILES string of the molecule is CC1CC(=Nc2ccc(F)cc2)c2cc(F)ccc2N1C(=O)c1ccc([N+](=O)[O-])c(F)c1. The highest BCUT2D eigenvalue weighted by molar-refractivity contribution is 6.16. The van der Waals surface area contributed by atoms with Gasteiger partial charge in [0.2, 0.25) is 5.82 Å². The number of hydrogen-bond acceptors (Lipinski definition) is 4. The van der Waals surface area contributed by atoms with E-state index >= 15 is 0 Å². The van der Waals surface area contributed by atoms with Gasteiger partial charge in [0, 0.05) is 29.7 Å². The van der Waals surface area contributed by atoms with Crippen LogP contribution in [0.5, 0.6) is 0 Å². The predicted octanol–water partition coefficient (Wildman–Crippen LogP) is 5.57. The van der Waals surface area contributed by atoms with Crippen LogP contribution in [0.3, 0.4) is 0 Å². The lowest BCUT2D eigenvalue weighted by Crippen LogP contribution is -2.44. The number of aliphatic imine (C=N–C) groups is 1. The summed E-state index contributed by atoms with van der Waals surface area (Å²) in [4.78, 5) is 29.1. The molecule has 4 rings (SSSR count). The highest BCUT2D eigenvalue weighted by Gasteiger charge is 2.33. The maximum absolute atomic E-state index is 14.1. The van der Waals surface area contributed by atoms with Crippen LogP contribution in [0, 0.1) is 27.6 Å². The number of benzene rings is 3. The van der Waals surface area contributed by atoms with Gasteiger partial charge in [-0.1, -0.05) is 0 Å². The van der Waals surface area contributed by atoms with Crippen LogP contribution in [0.25, 0.3) is 0 Å². The van der Waals surface area contributed by atoms with Crippen LogP contribution in [0.15, 0.2) is 65.7 Å². The van der Waals surface area contributed by atoms with E-state index in [1.807, 2.05) is 0 Å². The summed E-state index contributed by atoms with van der Waals surface area (Å²) in [6.07, 6.45) is 0.259. The van der Waals surface area contributed by atoms with Crippen LogP contribution in [0.4, 0.5) is 30.2 Å². The van der Waals surface area contributed by atoms with Crippen molar-refractivity contribution in [3.63, 3.8) is 0 Å². The number of carbonyl (C=O) groups excluding carboxylic acids is 1. The third kappa shape index (κ3) is 3.96. The molecule has 1 heterocycles. The average Bonchev–Trinajstić information content (AvgIpc) is 2.75. The number of anilines is 1. The Bertz CT molecular complexity index is 1260. The van der Waals surface area contributed by atoms with Crippen LogP contribution < -0.4 is 4.90 Å². The normalized spacial score (nSPS) is 16.7. The molecular weight excluding hydrogens is 423 g/mol. The van der Waals surface area contributed by atoms with Gasteiger partial charge in [-0.2, -0.15) is 4.39 Å². The van der Waals surface area contributed by atoms with Crippen molar-refractivity contribution in [3.8, 4) is 0 Å². The molecule has 1 aliphatic rings. The summed E-state index contributed by atoms with van der Waals surface area (Å²) >= 11 is 0. The molecule has 32 heavy (non-hydrogen) atoms. The average molecular weight is 439 g/mol. The number of nitro benzene ring substituents is 1. The number of nitrogens with zero attached hydrogens (tertiary/aromatic N) is 3. The highest BCUT2D eigenvalue weighted by atomic mass is 19.1. The Morgan fingerprint density at radius 2 is 1.72 bits per heavy atom. The Labute approximate surface area is 180 Å². The lowest BCUT2D eigenvalue weighted by Gasteiger charge is -2.36. The van der Waals surface area contributed by atoms with Gasteiger partial charge in [-0.15, -0.1) is 0 Å². The van der Waals surface area contributed by atoms with Gasteiger partial charge in [0.05, 0.1) is 22.0 Å². The van der Waals surface area contributed by atoms with Gasteiger partial charge in [-0.25, -0.2) is 8.78 Å². The summed E-state index contributed by atoms with van der Waals surface area (Å²) < 4.78 is 41.4. The lowest BCUT2D eigenvalue weighted by molar-refractivity contribution is -0.387. The Balaban J connectivity index is 1.77. The second-order valence-electron chi connectivity index (χ2n) is 7.35. The Kier molecular flexibility index (Phi) is 5.48. The van der Waals surface area contributed by atoms with Crippen molar-refractivity contribution in [3.05, 3.63) is 99.4 Å². The van der Waals surface area contributed by atoms with Crippen LogP contribution in [0.1, 0.15) is 29.3 Å². The monoisotopic (exact) mass is 439 g/mol. The van der Waals surface area contributed by atoms with Crippen molar-refractivity contribution in [2.75, 3.05) is 4.90 Å². The molecule has 1 amide bonds. The van der Waals surface area contributed by atoms with Gasteiger partial charge >= 0.3 is 5.69 Å². The standard InChI is InChI=1S/C23H16F3N3O3/c1-13-10-20(27-17-6-3-15(24)4-7-17)18-12-16(25)5-9-21(18)28(13)23(30)14-2-8-22(29(31)32)19(26)11-14/h2-9,11-13H,10H2,1H3. The molecule has 0 radical (unpaired) electrons. The summed E-state index contributed by atoms with van der Waals surface area (Å²) in [6, 6.07) is 11.9. The number of hydrogen-bond donors (Lipinski definition) is 0. The quantitative estimate of drug-likeness (QED) is 0.395. The summed E-state index contributed by atoms with van der Waals surface area (Å²) in [5.74, 6) is -2.65. The van der Waals surface area contributed by atoms with Crippen molar-refractivity contribution in [1.29, 1.82) is 0 Å². The van der Waals surface area contributed by atoms with Gasteiger partial charge in [0.25, 0.3) is 5.91 Å². The van der Waals surface area contributed by atoms with Gasteiger partial charge in [-0.05, 0) is 61.5 Å². The van der Waals surface area contributed by atoms with E-state index in [-0.39, 0.29) is 12.0 Å². The molecule has 3 aromatic carbocycles. The van der Waals surface area contributed by atoms with Gasteiger partial charge in [0.15, 0.2) is 0 Å². The first kappa shape index (κ1) is 21.2. The van der Waals surface area contributed by atoms with E-state index in [4.69, 9.17) is 0 Å². The topological polar surface area (TPSA) is 75.8 Å². The Hall–Kier alpha value is -4.01. The highest BCUT2D eigenvalue weighted by Crippen LogP contribution is 2.34. The summed E-state index contributed by atoms with van der Waals surface area (Å²) in [7, 11) is 0. The smallest absolute Gasteiger partial charge is 0.304 e. The molecule has 162 valence electrons. The molecule has 1 unspecified atom stereocenters. The first-order chi connectivity index (χ1) is 15.2. The minimum atomic E-state index is -1.12. The van der Waals surface area contributed by atoms with Gasteiger partial charge in [-0.3, -0.25) is 19.9 Å². The molecule has 0 saturated heterocycles. The predicted molar refractivity (Wildman–Crippen MR) is 113 cm³/mol. The summed E-state index contributed by atoms with van der Waals surface area (Å²) in [6.45, 7) is 1.76. The summed E-state index contributed by atoms with van der Waals surface area (Å²) in [5, 5.41) is 10.9. The molecule has 6 nitrogen and oxygen atoms in total. The van der Waals surface area contributed by atoms with Crippen molar-refractivity contribution in [1.82, 2.24) is 0 Å². The Morgan fingerprint density at radius 1 is 1.03 bits per heavy atom. The van der Waals surface area contributed by atoms with Crippen LogP contribution in [-0.4, -0.2) is 22.6 Å². The second-order valence-corrected chi connectivity index (χ2v) is 7.35. The maximum atomic E-state index is 14.1. The zero-order chi connectivity index (χ0) is 23.0. The maximum Gasteiger partial charge on any atom is 0.304 e. The van der Waals surface area contributed by atoms with Gasteiger partial charge < -0.3 is 4.90 Å². The molecule has 0 fully saturated rings. The lowest BCUT2D eigenvalue weighted by atomic mass is 9.93. The first-order valence-electron chi connectivity index (χ1n) is 9.65. The molecular formula is C23H16F3N3O3. The number of nitro groups is 1. The fourth-order valence-corrected chi connectivity index (χ4v) is 3.68. The van der Waals surface area contributed by atoms with E-state index in [0.717, 1.165) is 12.1 Å². The molecule has 0 N–H and O–H groups in total. The van der Waals surface area contributed by atoms with Gasteiger partial charge in [0.1, 0.15) is 11.6 Å². The van der Waals surface area contributed by atoms with E-state index in [9.17, 15) is 28.1 Å². The number of rotatable bonds is 3. The molecule has 0 aliphatic carbocycles. The third-order valence-electron chi connectivity index (χ3n) is 5.16. The number of halogens is 3. The van der Waals surface area contributed by atoms with Crippen molar-refractivity contribution in [2.45, 2.75) is 19.4 Å². The molecule has 9 heteroatoms. The van der Waals surface area contributed by atoms with E-state index < -0.39 is 40.0 Å². The fourth-order valence-electron chi connectivity index (χ4n) is 3.68. The zero-order valence-electron chi connectivity index (χ0n) is 16.8. The van der Waals surface area contributed by atoms with E-state index in [1.54, 1.807) is 6.92 Å². The third-order valence-corrected chi connectivity index (χ3v) is 5.16. The minimum Gasteiger partial charge on any atom is -0.305 e. The second kappa shape index (κ2) is 8.26. The number of amides is 1.